The molecule has 0 bridgehead atoms. The third kappa shape index (κ3) is 7.51. The predicted octanol–water partition coefficient (Wildman–Crippen LogP) is -0.951. The maximum absolute atomic E-state index is 12.7. The molecule has 1 heterocycles. The number of hydrogen-bond acceptors (Lipinski definition) is 7. The molecule has 1 aromatic heterocycles. The van der Waals surface area contributed by atoms with Gasteiger partial charge in [0.15, 0.2) is 4.77 Å². The summed E-state index contributed by atoms with van der Waals surface area (Å²) in [4.78, 5) is 25.3. The Kier molecular flexibility index (Phi) is 10.5. The van der Waals surface area contributed by atoms with Gasteiger partial charge in [-0.1, -0.05) is 24.3 Å². The van der Waals surface area contributed by atoms with E-state index in [0.717, 1.165) is 22.5 Å². The Morgan fingerprint density at radius 1 is 1.26 bits per heavy atom. The minimum absolute atomic E-state index is 0. The number of carboxylic acids is 1. The van der Waals surface area contributed by atoms with Gasteiger partial charge in [-0.3, -0.25) is 14.5 Å². The van der Waals surface area contributed by atoms with E-state index in [1.54, 1.807) is 34.0 Å². The number of aryl methyl sites for hydroxylation is 2. The Bertz CT molecular complexity index is 1180. The van der Waals surface area contributed by atoms with Crippen LogP contribution in [0.1, 0.15) is 24.0 Å². The molecule has 0 saturated carbocycles. The van der Waals surface area contributed by atoms with E-state index in [4.69, 9.17) is 12.2 Å². The van der Waals surface area contributed by atoms with Gasteiger partial charge < -0.3 is 25.2 Å². The molecule has 0 aliphatic carbocycles. The van der Waals surface area contributed by atoms with Crippen molar-refractivity contribution in [2.75, 3.05) is 16.8 Å². The maximum Gasteiger partial charge on any atom is 1.00 e. The van der Waals surface area contributed by atoms with Crippen LogP contribution in [-0.2, 0) is 9.59 Å². The van der Waals surface area contributed by atoms with Gasteiger partial charge in [0.25, 0.3) is 0 Å². The van der Waals surface area contributed by atoms with E-state index in [1.165, 1.54) is 6.54 Å². The van der Waals surface area contributed by atoms with Gasteiger partial charge >= 0.3 is 29.6 Å². The van der Waals surface area contributed by atoms with Crippen LogP contribution in [0.15, 0.2) is 48.8 Å². The quantitative estimate of drug-likeness (QED) is 0.247. The van der Waals surface area contributed by atoms with Gasteiger partial charge in [-0.15, -0.1) is 0 Å². The first kappa shape index (κ1) is 27.7. The molecule has 2 aromatic carbocycles. The molecule has 3 rings (SSSR count). The van der Waals surface area contributed by atoms with Crippen molar-refractivity contribution >= 4 is 35.5 Å². The van der Waals surface area contributed by atoms with Crippen molar-refractivity contribution in [2.45, 2.75) is 32.8 Å². The topological polar surface area (TPSA) is 126 Å². The second-order valence-electron chi connectivity index (χ2n) is 7.61. The number of carbonyl (C=O) groups excluding carboxylic acids is 2. The zero-order valence-electron chi connectivity index (χ0n) is 19.3. The van der Waals surface area contributed by atoms with Gasteiger partial charge in [0.1, 0.15) is 6.33 Å². The number of amides is 1. The normalized spacial score (nSPS) is 11.4. The molecule has 1 radical (unpaired) electrons. The molecule has 1 unspecified atom stereocenters. The van der Waals surface area contributed by atoms with Gasteiger partial charge in [-0.25, -0.2) is 0 Å². The van der Waals surface area contributed by atoms with Gasteiger partial charge in [0, 0.05) is 36.7 Å². The number of aromatic amines is 1. The number of aliphatic hydroxyl groups excluding tert-OH is 1. The van der Waals surface area contributed by atoms with Crippen molar-refractivity contribution in [3.63, 3.8) is 0 Å². The number of benzene rings is 2. The second kappa shape index (κ2) is 12.8. The number of carboxylic acid groups (broad SMARTS) is 1. The fraction of sp³-hybridized carbons (Fsp3) is 0.261. The largest absolute Gasteiger partial charge is 1.00 e. The number of nitrogens with one attached hydrogen (secondary N) is 2. The molecule has 9 nitrogen and oxygen atoms in total. The Morgan fingerprint density at radius 3 is 2.56 bits per heavy atom. The van der Waals surface area contributed by atoms with Crippen LogP contribution in [0.2, 0.25) is 0 Å². The molecule has 0 saturated heterocycles. The van der Waals surface area contributed by atoms with Gasteiger partial charge in [0.05, 0.1) is 18.3 Å². The molecule has 3 N–H and O–H groups in total. The molecule has 11 heteroatoms. The maximum atomic E-state index is 12.7. The molecule has 1 amide bonds. The summed E-state index contributed by atoms with van der Waals surface area (Å²) in [5.41, 5.74) is 4.05. The van der Waals surface area contributed by atoms with E-state index in [0.29, 0.717) is 10.5 Å². The van der Waals surface area contributed by atoms with Crippen molar-refractivity contribution < 1.29 is 49.4 Å². The van der Waals surface area contributed by atoms with Crippen LogP contribution >= 0.6 is 12.2 Å². The number of rotatable bonds is 10. The molecule has 0 fully saturated rings. The van der Waals surface area contributed by atoms with E-state index in [9.17, 15) is 19.8 Å². The number of aliphatic carboxylic acids is 1. The standard InChI is InChI=1S/C23H26N5O4S.Na/c1-15-5-3-6-16(2)22(15)27(13-19(29)12-21(31)32)10-9-20(30)25-17-7-4-8-18(11-17)28-14-24-26-23(28)33;/h3-8,11,13-14,19,29H,9-10,12H2,1-2H3,(H,25,30)(H,26,33)(H,31,32);/q;+1/p-1. The van der Waals surface area contributed by atoms with Crippen molar-refractivity contribution in [3.8, 4) is 5.69 Å². The fourth-order valence-corrected chi connectivity index (χ4v) is 3.77. The fourth-order valence-electron chi connectivity index (χ4n) is 3.56. The van der Waals surface area contributed by atoms with Gasteiger partial charge in [-0.05, 0) is 55.4 Å². The first-order chi connectivity index (χ1) is 15.7. The smallest absolute Gasteiger partial charge is 0.550 e. The monoisotopic (exact) mass is 490 g/mol. The summed E-state index contributed by atoms with van der Waals surface area (Å²) in [7, 11) is 0. The molecule has 1 atom stereocenters. The molecule has 3 aromatic rings. The minimum Gasteiger partial charge on any atom is -0.550 e. The number of nitrogens with zero attached hydrogens (tertiary/aromatic N) is 3. The van der Waals surface area contributed by atoms with E-state index in [1.807, 2.05) is 38.1 Å². The van der Waals surface area contributed by atoms with E-state index in [2.05, 4.69) is 15.5 Å². The summed E-state index contributed by atoms with van der Waals surface area (Å²) in [6.07, 6.45) is -0.109. The average Bonchev–Trinajstić information content (AvgIpc) is 3.17. The molecule has 0 aliphatic heterocycles. The Morgan fingerprint density at radius 2 is 1.94 bits per heavy atom. The molecule has 34 heavy (non-hydrogen) atoms. The first-order valence-electron chi connectivity index (χ1n) is 10.3. The summed E-state index contributed by atoms with van der Waals surface area (Å²) < 4.78 is 2.12. The SMILES string of the molecule is Cc1cccc(C)c1N([CH]C(O)CC(=O)[O-])CCC(=O)Nc1cccc(-n2cn[nH]c2=S)c1.[Na+]. The van der Waals surface area contributed by atoms with Crippen molar-refractivity contribution in [2.24, 2.45) is 0 Å². The Labute approximate surface area is 225 Å². The summed E-state index contributed by atoms with van der Waals surface area (Å²) in [5, 5.41) is 30.5. The van der Waals surface area contributed by atoms with Crippen LogP contribution in [0.4, 0.5) is 11.4 Å². The van der Waals surface area contributed by atoms with E-state index >= 15 is 0 Å². The van der Waals surface area contributed by atoms with Crippen LogP contribution in [0.3, 0.4) is 0 Å². The van der Waals surface area contributed by atoms with Crippen LogP contribution in [-0.4, -0.2) is 44.4 Å². The number of aromatic nitrogens is 3. The number of carbonyl (C=O) groups is 2. The van der Waals surface area contributed by atoms with Crippen molar-refractivity contribution in [1.29, 1.82) is 0 Å². The first-order valence-corrected chi connectivity index (χ1v) is 10.7. The van der Waals surface area contributed by atoms with E-state index in [-0.39, 0.29) is 48.4 Å². The van der Waals surface area contributed by atoms with Gasteiger partial charge in [0.2, 0.25) is 5.91 Å². The summed E-state index contributed by atoms with van der Waals surface area (Å²) in [5.74, 6) is -1.59. The summed E-state index contributed by atoms with van der Waals surface area (Å²) in [6, 6.07) is 12.9. The Balaban J connectivity index is 0.00000408. The summed E-state index contributed by atoms with van der Waals surface area (Å²) >= 11 is 5.18. The van der Waals surface area contributed by atoms with Crippen LogP contribution in [0.25, 0.3) is 5.69 Å². The minimum atomic E-state index is -1.35. The predicted molar refractivity (Wildman–Crippen MR) is 125 cm³/mol. The summed E-state index contributed by atoms with van der Waals surface area (Å²) in [6.45, 7) is 5.50. The zero-order chi connectivity index (χ0) is 24.0. The number of aliphatic hydroxyl groups is 1. The van der Waals surface area contributed by atoms with Crippen LogP contribution in [0.5, 0.6) is 0 Å². The zero-order valence-corrected chi connectivity index (χ0v) is 22.1. The van der Waals surface area contributed by atoms with Crippen LogP contribution < -0.4 is 44.9 Å². The van der Waals surface area contributed by atoms with Gasteiger partial charge in [-0.2, -0.15) is 5.10 Å². The number of para-hydroxylation sites is 1. The third-order valence-corrected chi connectivity index (χ3v) is 5.28. The molecule has 173 valence electrons. The van der Waals surface area contributed by atoms with E-state index < -0.39 is 18.5 Å². The number of hydrogen-bond donors (Lipinski definition) is 3. The average molecular weight is 491 g/mol. The number of anilines is 2. The molecular weight excluding hydrogens is 465 g/mol. The van der Waals surface area contributed by atoms with Crippen molar-refractivity contribution in [1.82, 2.24) is 14.8 Å². The molecular formula is C23H25N5NaO4S. The molecule has 0 spiro atoms. The van der Waals surface area contributed by atoms with Crippen molar-refractivity contribution in [3.05, 3.63) is 71.2 Å². The third-order valence-electron chi connectivity index (χ3n) is 4.99. The second-order valence-corrected chi connectivity index (χ2v) is 7.99. The van der Waals surface area contributed by atoms with Crippen LogP contribution in [0, 0.1) is 25.2 Å². The number of H-pyrrole nitrogens is 1. The Hall–Kier alpha value is -2.50. The molecule has 0 aliphatic rings.